The van der Waals surface area contributed by atoms with E-state index in [1.807, 2.05) is 6.92 Å². The quantitative estimate of drug-likeness (QED) is 0.462. The molecular formula is C11H21NO4. The van der Waals surface area contributed by atoms with E-state index < -0.39 is 0 Å². The number of nitrogens with zero attached hydrogens (tertiary/aromatic N) is 1. The Labute approximate surface area is 96.7 Å². The predicted molar refractivity (Wildman–Crippen MR) is 59.7 cm³/mol. The minimum Gasteiger partial charge on any atom is -0.381 e. The number of hydrogen-bond donors (Lipinski definition) is 0. The fourth-order valence-electron chi connectivity index (χ4n) is 1.48. The largest absolute Gasteiger partial charge is 0.381 e. The Kier molecular flexibility index (Phi) is 7.76. The summed E-state index contributed by atoms with van der Waals surface area (Å²) in [5, 5.41) is 1.21. The summed E-state index contributed by atoms with van der Waals surface area (Å²) < 4.78 is 5.22. The Balaban J connectivity index is 4.12. The molecule has 0 aromatic heterocycles. The van der Waals surface area contributed by atoms with Gasteiger partial charge in [0.25, 0.3) is 0 Å². The third-order valence-electron chi connectivity index (χ3n) is 2.56. The van der Waals surface area contributed by atoms with Crippen molar-refractivity contribution in [2.75, 3.05) is 21.3 Å². The molecule has 0 fully saturated rings. The van der Waals surface area contributed by atoms with Crippen LogP contribution in [0.5, 0.6) is 0 Å². The van der Waals surface area contributed by atoms with Crippen LogP contribution < -0.4 is 0 Å². The number of carbonyl (C=O) groups is 2. The van der Waals surface area contributed by atoms with Gasteiger partial charge in [-0.25, -0.2) is 5.06 Å². The van der Waals surface area contributed by atoms with Gasteiger partial charge in [-0.05, 0) is 12.8 Å². The van der Waals surface area contributed by atoms with Crippen molar-refractivity contribution in [3.05, 3.63) is 0 Å². The van der Waals surface area contributed by atoms with Crippen molar-refractivity contribution in [3.8, 4) is 0 Å². The van der Waals surface area contributed by atoms with Gasteiger partial charge in [-0.3, -0.25) is 9.63 Å². The molecule has 0 rings (SSSR count). The van der Waals surface area contributed by atoms with Crippen molar-refractivity contribution in [1.29, 1.82) is 0 Å². The maximum Gasteiger partial charge on any atom is 0.248 e. The van der Waals surface area contributed by atoms with Gasteiger partial charge in [-0.15, -0.1) is 0 Å². The number of methoxy groups -OCH3 is 1. The van der Waals surface area contributed by atoms with Gasteiger partial charge in [0.15, 0.2) is 0 Å². The molecule has 16 heavy (non-hydrogen) atoms. The van der Waals surface area contributed by atoms with E-state index in [0.29, 0.717) is 19.3 Å². The Bertz CT molecular complexity index is 220. The highest BCUT2D eigenvalue weighted by Gasteiger charge is 2.21. The molecule has 94 valence electrons. The van der Waals surface area contributed by atoms with Crippen LogP contribution in [0.4, 0.5) is 0 Å². The molecule has 0 heterocycles. The minimum absolute atomic E-state index is 0.0607. The fraction of sp³-hybridized carbons (Fsp3) is 0.818. The number of carbonyl (C=O) groups excluding carboxylic acids is 2. The maximum absolute atomic E-state index is 11.7. The van der Waals surface area contributed by atoms with Crippen LogP contribution in [0.2, 0.25) is 0 Å². The average Bonchev–Trinajstić information content (AvgIpc) is 2.31. The van der Waals surface area contributed by atoms with Crippen molar-refractivity contribution in [1.82, 2.24) is 5.06 Å². The molecule has 0 saturated heterocycles. The second-order valence-electron chi connectivity index (χ2n) is 3.76. The monoisotopic (exact) mass is 231 g/mol. The molecular weight excluding hydrogens is 210 g/mol. The SMILES string of the molecule is CO[C@H](CCC=O)CC(C)C(=O)N(C)OC. The summed E-state index contributed by atoms with van der Waals surface area (Å²) in [5.41, 5.74) is 0. The first kappa shape index (κ1) is 15.1. The zero-order chi connectivity index (χ0) is 12.6. The molecule has 0 saturated carbocycles. The van der Waals surface area contributed by atoms with Crippen LogP contribution in [0, 0.1) is 5.92 Å². The highest BCUT2D eigenvalue weighted by Crippen LogP contribution is 2.14. The zero-order valence-electron chi connectivity index (χ0n) is 10.4. The van der Waals surface area contributed by atoms with E-state index in [9.17, 15) is 9.59 Å². The highest BCUT2D eigenvalue weighted by atomic mass is 16.7. The number of rotatable bonds is 8. The lowest BCUT2D eigenvalue weighted by atomic mass is 10.00. The van der Waals surface area contributed by atoms with Crippen LogP contribution in [0.25, 0.3) is 0 Å². The van der Waals surface area contributed by atoms with E-state index in [1.54, 1.807) is 14.2 Å². The number of amides is 1. The molecule has 0 aliphatic carbocycles. The molecule has 0 radical (unpaired) electrons. The number of hydroxylamine groups is 2. The summed E-state index contributed by atoms with van der Waals surface area (Å²) in [5.74, 6) is -0.266. The lowest BCUT2D eigenvalue weighted by Gasteiger charge is -2.22. The zero-order valence-corrected chi connectivity index (χ0v) is 10.4. The molecule has 0 N–H and O–H groups in total. The Hall–Kier alpha value is -0.940. The summed E-state index contributed by atoms with van der Waals surface area (Å²) in [6.07, 6.45) is 2.50. The van der Waals surface area contributed by atoms with Crippen LogP contribution in [-0.4, -0.2) is 44.6 Å². The van der Waals surface area contributed by atoms with E-state index in [0.717, 1.165) is 6.29 Å². The molecule has 0 bridgehead atoms. The van der Waals surface area contributed by atoms with Crippen molar-refractivity contribution < 1.29 is 19.2 Å². The van der Waals surface area contributed by atoms with Gasteiger partial charge in [0.2, 0.25) is 5.91 Å². The van der Waals surface area contributed by atoms with Crippen LogP contribution in [-0.2, 0) is 19.2 Å². The fourth-order valence-corrected chi connectivity index (χ4v) is 1.48. The molecule has 1 amide bonds. The molecule has 0 aliphatic rings. The van der Waals surface area contributed by atoms with Gasteiger partial charge < -0.3 is 9.53 Å². The molecule has 2 atom stereocenters. The van der Waals surface area contributed by atoms with Gasteiger partial charge >= 0.3 is 0 Å². The normalized spacial score (nSPS) is 14.2. The lowest BCUT2D eigenvalue weighted by molar-refractivity contribution is -0.173. The summed E-state index contributed by atoms with van der Waals surface area (Å²) in [6.45, 7) is 1.82. The Morgan fingerprint density at radius 2 is 2.06 bits per heavy atom. The van der Waals surface area contributed by atoms with E-state index >= 15 is 0 Å². The molecule has 0 aliphatic heterocycles. The summed E-state index contributed by atoms with van der Waals surface area (Å²) in [6, 6.07) is 0. The van der Waals surface area contributed by atoms with Gasteiger partial charge in [0.1, 0.15) is 6.29 Å². The number of ether oxygens (including phenoxy) is 1. The third-order valence-corrected chi connectivity index (χ3v) is 2.56. The molecule has 0 aromatic rings. The van der Waals surface area contributed by atoms with Crippen molar-refractivity contribution >= 4 is 12.2 Å². The first-order valence-corrected chi connectivity index (χ1v) is 5.34. The van der Waals surface area contributed by atoms with Gasteiger partial charge in [-0.1, -0.05) is 6.92 Å². The number of aldehydes is 1. The smallest absolute Gasteiger partial charge is 0.248 e. The van der Waals surface area contributed by atoms with Gasteiger partial charge in [0, 0.05) is 26.5 Å². The van der Waals surface area contributed by atoms with Crippen LogP contribution in [0.1, 0.15) is 26.2 Å². The maximum atomic E-state index is 11.7. The third kappa shape index (κ3) is 5.23. The highest BCUT2D eigenvalue weighted by molar-refractivity contribution is 5.77. The standard InChI is InChI=1S/C11H21NO4/c1-9(11(14)12(2)16-4)8-10(15-3)6-5-7-13/h7,9-10H,5-6,8H2,1-4H3/t9?,10-/m1/s1. The Morgan fingerprint density at radius 1 is 1.44 bits per heavy atom. The van der Waals surface area contributed by atoms with E-state index in [4.69, 9.17) is 9.57 Å². The first-order chi connectivity index (χ1) is 7.56. The van der Waals surface area contributed by atoms with Gasteiger partial charge in [-0.2, -0.15) is 0 Å². The minimum atomic E-state index is -0.179. The van der Waals surface area contributed by atoms with Crippen LogP contribution in [0.3, 0.4) is 0 Å². The second-order valence-corrected chi connectivity index (χ2v) is 3.76. The first-order valence-electron chi connectivity index (χ1n) is 5.34. The van der Waals surface area contributed by atoms with Crippen molar-refractivity contribution in [3.63, 3.8) is 0 Å². The topological polar surface area (TPSA) is 55.8 Å². The van der Waals surface area contributed by atoms with Gasteiger partial charge in [0.05, 0.1) is 13.2 Å². The van der Waals surface area contributed by atoms with E-state index in [1.165, 1.54) is 12.2 Å². The molecule has 5 nitrogen and oxygen atoms in total. The molecule has 1 unspecified atom stereocenters. The average molecular weight is 231 g/mol. The molecule has 5 heteroatoms. The van der Waals surface area contributed by atoms with Crippen molar-refractivity contribution in [2.45, 2.75) is 32.3 Å². The lowest BCUT2D eigenvalue weighted by Crippen LogP contribution is -2.32. The second kappa shape index (κ2) is 8.24. The summed E-state index contributed by atoms with van der Waals surface area (Å²) in [7, 11) is 4.61. The van der Waals surface area contributed by atoms with E-state index in [2.05, 4.69) is 0 Å². The summed E-state index contributed by atoms with van der Waals surface area (Å²) in [4.78, 5) is 26.7. The number of hydrogen-bond acceptors (Lipinski definition) is 4. The van der Waals surface area contributed by atoms with Crippen LogP contribution >= 0.6 is 0 Å². The molecule has 0 aromatic carbocycles. The molecule has 0 spiro atoms. The van der Waals surface area contributed by atoms with E-state index in [-0.39, 0.29) is 17.9 Å². The van der Waals surface area contributed by atoms with Crippen LogP contribution in [0.15, 0.2) is 0 Å². The predicted octanol–water partition coefficient (Wildman–Crippen LogP) is 1.03. The Morgan fingerprint density at radius 3 is 2.50 bits per heavy atom. The summed E-state index contributed by atoms with van der Waals surface area (Å²) >= 11 is 0. The van der Waals surface area contributed by atoms with Crippen molar-refractivity contribution in [2.24, 2.45) is 5.92 Å².